The Hall–Kier alpha value is -5.32. The molecule has 0 aliphatic carbocycles. The van der Waals surface area contributed by atoms with Gasteiger partial charge in [0.1, 0.15) is 11.4 Å². The highest BCUT2D eigenvalue weighted by molar-refractivity contribution is 6.88. The fourth-order valence-electron chi connectivity index (χ4n) is 10.5. The maximum absolute atomic E-state index is 5.10. The number of rotatable bonds is 6. The van der Waals surface area contributed by atoms with Crippen LogP contribution in [0, 0.1) is 5.92 Å². The molecule has 4 heteroatoms. The Balaban J connectivity index is 1.32. The lowest BCUT2D eigenvalue weighted by Gasteiger charge is -2.34. The van der Waals surface area contributed by atoms with Crippen LogP contribution in [0.3, 0.4) is 0 Å². The van der Waals surface area contributed by atoms with Gasteiger partial charge in [0.15, 0.2) is 23.3 Å². The number of pyridine rings is 1. The first-order chi connectivity index (χ1) is 28.4. The first kappa shape index (κ1) is 39.2. The summed E-state index contributed by atoms with van der Waals surface area (Å²) in [5.74, 6) is 2.67. The number of hydrogen-bond acceptors (Lipinski definition) is 0. The SMILES string of the molecule is C=CC1c2n(c3ccccc3[n+]2-c2c(C(C)C)cc(-c3ccccc3)cc2C(C)C)C(=C)CC2C(CCC1C)c1ccc3ccccc3c1-c1ccc([Si](C)(C)C)c[n+]12. The van der Waals surface area contributed by atoms with Crippen molar-refractivity contribution in [2.45, 2.75) is 103 Å². The maximum atomic E-state index is 5.10. The second-order valence-electron chi connectivity index (χ2n) is 19.2. The maximum Gasteiger partial charge on any atom is 0.274 e. The lowest BCUT2D eigenvalue weighted by atomic mass is 9.75. The van der Waals surface area contributed by atoms with Crippen LogP contribution in [0.15, 0.2) is 141 Å². The molecule has 2 aromatic heterocycles. The number of imidazole rings is 1. The normalized spacial score (nSPS) is 19.4. The van der Waals surface area contributed by atoms with E-state index in [1.54, 1.807) is 0 Å². The third kappa shape index (κ3) is 6.55. The van der Waals surface area contributed by atoms with Crippen LogP contribution in [0.25, 0.3) is 55.6 Å². The summed E-state index contributed by atoms with van der Waals surface area (Å²) in [5, 5.41) is 4.16. The van der Waals surface area contributed by atoms with Crippen molar-refractivity contribution in [3.63, 3.8) is 0 Å². The summed E-state index contributed by atoms with van der Waals surface area (Å²) < 4.78 is 7.91. The van der Waals surface area contributed by atoms with Crippen molar-refractivity contribution in [1.82, 2.24) is 4.57 Å². The molecule has 4 atom stereocenters. The highest BCUT2D eigenvalue weighted by Crippen LogP contribution is 2.49. The number of allylic oxidation sites excluding steroid dienone is 2. The second-order valence-corrected chi connectivity index (χ2v) is 24.2. The summed E-state index contributed by atoms with van der Waals surface area (Å²) in [6.45, 7) is 29.0. The first-order valence-electron chi connectivity index (χ1n) is 22.0. The Bertz CT molecular complexity index is 2730. The zero-order valence-electron chi connectivity index (χ0n) is 36.5. The molecule has 298 valence electrons. The number of benzene rings is 5. The Morgan fingerprint density at radius 3 is 2.14 bits per heavy atom. The minimum Gasteiger partial charge on any atom is -0.196 e. The minimum absolute atomic E-state index is 0.0996. The van der Waals surface area contributed by atoms with Crippen LogP contribution in [0.4, 0.5) is 0 Å². The standard InChI is InChI=1S/C55H61N3Si/c1-11-43-37(6)25-28-45-46-29-26-40-21-15-16-22-44(40)53(46)51-30-27-42(59(8,9)10)34-56(51)52(45)31-38(7)57-49-23-17-18-24-50(49)58(55(43)57)54-47(35(2)3)32-41(33-48(54)36(4)5)39-19-13-12-14-20-39/h11-24,26-27,29-30,32-37,43,45,52H,1,7,25,28,31H2,2-6,8-10H3/q+2. The Morgan fingerprint density at radius 2 is 1.44 bits per heavy atom. The highest BCUT2D eigenvalue weighted by Gasteiger charge is 2.46. The first-order valence-corrected chi connectivity index (χ1v) is 25.5. The average Bonchev–Trinajstić information content (AvgIpc) is 3.56. The molecule has 3 nitrogen and oxygen atoms in total. The number of nitrogens with zero attached hydrogens (tertiary/aromatic N) is 3. The number of para-hydroxylation sites is 2. The second kappa shape index (κ2) is 15.1. The lowest BCUT2D eigenvalue weighted by Crippen LogP contribution is -2.53. The average molecular weight is 792 g/mol. The van der Waals surface area contributed by atoms with E-state index in [9.17, 15) is 0 Å². The topological polar surface area (TPSA) is 12.7 Å². The van der Waals surface area contributed by atoms with E-state index in [-0.39, 0.29) is 12.0 Å². The predicted molar refractivity (Wildman–Crippen MR) is 253 cm³/mol. The van der Waals surface area contributed by atoms with Gasteiger partial charge in [-0.3, -0.25) is 0 Å². The molecule has 0 radical (unpaired) electrons. The van der Waals surface area contributed by atoms with Gasteiger partial charge in [-0.1, -0.05) is 152 Å². The van der Waals surface area contributed by atoms with Gasteiger partial charge in [0.05, 0.1) is 26.0 Å². The van der Waals surface area contributed by atoms with Gasteiger partial charge in [0.25, 0.3) is 5.82 Å². The largest absolute Gasteiger partial charge is 0.274 e. The van der Waals surface area contributed by atoms with Gasteiger partial charge >= 0.3 is 0 Å². The van der Waals surface area contributed by atoms with E-state index in [1.165, 1.54) is 77.6 Å². The van der Waals surface area contributed by atoms with Gasteiger partial charge in [0, 0.05) is 28.3 Å². The van der Waals surface area contributed by atoms with Gasteiger partial charge in [-0.15, -0.1) is 6.58 Å². The molecular formula is C55H61N3Si+2. The number of fused-ring (bicyclic) bond motifs is 11. The zero-order valence-corrected chi connectivity index (χ0v) is 37.5. The molecule has 9 rings (SSSR count). The molecular weight excluding hydrogens is 731 g/mol. The van der Waals surface area contributed by atoms with E-state index in [0.29, 0.717) is 23.7 Å². The van der Waals surface area contributed by atoms with E-state index in [0.717, 1.165) is 25.0 Å². The van der Waals surface area contributed by atoms with Crippen LogP contribution >= 0.6 is 0 Å². The molecule has 4 heterocycles. The van der Waals surface area contributed by atoms with E-state index < -0.39 is 8.07 Å². The monoisotopic (exact) mass is 791 g/mol. The van der Waals surface area contributed by atoms with E-state index in [2.05, 4.69) is 202 Å². The van der Waals surface area contributed by atoms with Gasteiger partial charge in [-0.05, 0) is 82.3 Å². The smallest absolute Gasteiger partial charge is 0.196 e. The Labute approximate surface area is 353 Å². The van der Waals surface area contributed by atoms with Crippen LogP contribution in [0.2, 0.25) is 19.6 Å². The summed E-state index contributed by atoms with van der Waals surface area (Å²) in [5.41, 5.74) is 14.4. The summed E-state index contributed by atoms with van der Waals surface area (Å²) >= 11 is 0. The van der Waals surface area contributed by atoms with Crippen LogP contribution in [0.1, 0.15) is 106 Å². The Kier molecular flexibility index (Phi) is 9.99. The molecule has 0 saturated carbocycles. The molecule has 2 aliphatic heterocycles. The molecule has 0 N–H and O–H groups in total. The third-order valence-corrected chi connectivity index (χ3v) is 15.7. The van der Waals surface area contributed by atoms with Crippen molar-refractivity contribution in [3.8, 4) is 28.1 Å². The molecule has 59 heavy (non-hydrogen) atoms. The highest BCUT2D eigenvalue weighted by atomic mass is 28.3. The summed E-state index contributed by atoms with van der Waals surface area (Å²) in [4.78, 5) is 0. The van der Waals surface area contributed by atoms with E-state index in [4.69, 9.17) is 6.58 Å². The molecule has 2 aliphatic rings. The molecule has 0 spiro atoms. The van der Waals surface area contributed by atoms with Crippen LogP contribution in [0.5, 0.6) is 0 Å². The van der Waals surface area contributed by atoms with Crippen molar-refractivity contribution in [2.24, 2.45) is 5.92 Å². The van der Waals surface area contributed by atoms with Crippen LogP contribution in [-0.4, -0.2) is 12.6 Å². The minimum atomic E-state index is -1.62. The van der Waals surface area contributed by atoms with Crippen molar-refractivity contribution in [3.05, 3.63) is 163 Å². The summed E-state index contributed by atoms with van der Waals surface area (Å²) in [6, 6.07) is 43.8. The van der Waals surface area contributed by atoms with Crippen molar-refractivity contribution >= 4 is 40.8 Å². The Morgan fingerprint density at radius 1 is 0.763 bits per heavy atom. The molecule has 5 aromatic carbocycles. The molecule has 0 bridgehead atoms. The number of hydrogen-bond donors (Lipinski definition) is 0. The van der Waals surface area contributed by atoms with Crippen molar-refractivity contribution < 1.29 is 9.13 Å². The predicted octanol–water partition coefficient (Wildman–Crippen LogP) is 13.4. The molecule has 0 amide bonds. The lowest BCUT2D eigenvalue weighted by molar-refractivity contribution is -0.716. The van der Waals surface area contributed by atoms with Gasteiger partial charge in [0.2, 0.25) is 5.69 Å². The van der Waals surface area contributed by atoms with Gasteiger partial charge in [-0.2, -0.15) is 13.7 Å². The fourth-order valence-corrected chi connectivity index (χ4v) is 11.6. The number of aromatic nitrogens is 3. The van der Waals surface area contributed by atoms with Gasteiger partial charge < -0.3 is 0 Å². The molecule has 0 fully saturated rings. The summed E-state index contributed by atoms with van der Waals surface area (Å²) in [6.07, 6.45) is 7.82. The van der Waals surface area contributed by atoms with Gasteiger partial charge in [-0.25, -0.2) is 0 Å². The molecule has 7 aromatic rings. The third-order valence-electron chi connectivity index (χ3n) is 13.7. The molecule has 4 unspecified atom stereocenters. The van der Waals surface area contributed by atoms with E-state index >= 15 is 0 Å². The van der Waals surface area contributed by atoms with Crippen LogP contribution < -0.4 is 14.3 Å². The fraction of sp³-hybridized carbons (Fsp3) is 0.309. The zero-order chi connectivity index (χ0) is 41.3. The van der Waals surface area contributed by atoms with E-state index in [1.807, 2.05) is 0 Å². The van der Waals surface area contributed by atoms with Crippen molar-refractivity contribution in [1.29, 1.82) is 0 Å². The van der Waals surface area contributed by atoms with Crippen molar-refractivity contribution in [2.75, 3.05) is 0 Å². The summed E-state index contributed by atoms with van der Waals surface area (Å²) in [7, 11) is -1.62. The molecule has 0 saturated heterocycles. The van der Waals surface area contributed by atoms with Crippen LogP contribution in [-0.2, 0) is 0 Å². The quantitative estimate of drug-likeness (QED) is 0.0904.